The molecule has 17 heteroatoms. The molecule has 0 spiro atoms. The molecule has 3 aromatic rings. The Morgan fingerprint density at radius 2 is 1.23 bits per heavy atom. The number of piperidine rings is 2. The molecule has 7 nitrogen and oxygen atoms in total. The van der Waals surface area contributed by atoms with E-state index in [0.717, 1.165) is 101 Å². The summed E-state index contributed by atoms with van der Waals surface area (Å²) in [5.41, 5.74) is -0.668. The van der Waals surface area contributed by atoms with Crippen molar-refractivity contribution in [3.05, 3.63) is 94.5 Å². The second kappa shape index (κ2) is 20.1. The Balaban J connectivity index is 0.000000241. The van der Waals surface area contributed by atoms with E-state index in [4.69, 9.17) is 31.0 Å². The van der Waals surface area contributed by atoms with Crippen molar-refractivity contribution < 1.29 is 63.7 Å². The van der Waals surface area contributed by atoms with Crippen LogP contribution in [0.2, 0.25) is 5.02 Å². The lowest BCUT2D eigenvalue weighted by Gasteiger charge is -2.43. The fourth-order valence-corrected chi connectivity index (χ4v) is 6.91. The highest BCUT2D eigenvalue weighted by molar-refractivity contribution is 6.30. The lowest BCUT2D eigenvalue weighted by atomic mass is 9.62. The molecule has 3 aromatic carbocycles. The Hall–Kier alpha value is -4.02. The van der Waals surface area contributed by atoms with Crippen molar-refractivity contribution in [3.63, 3.8) is 0 Å². The quantitative estimate of drug-likeness (QED) is 0.197. The highest BCUT2D eigenvalue weighted by Crippen LogP contribution is 2.45. The highest BCUT2D eigenvalue weighted by Gasteiger charge is 2.45. The molecule has 3 aliphatic rings. The number of rotatable bonds is 10. The Bertz CT molecular complexity index is 1710. The van der Waals surface area contributed by atoms with Gasteiger partial charge in [-0.05, 0) is 118 Å². The topological polar surface area (TPSA) is 88.1 Å². The summed E-state index contributed by atoms with van der Waals surface area (Å²) in [4.78, 5) is 24.4. The Morgan fingerprint density at radius 3 is 1.65 bits per heavy atom. The third-order valence-electron chi connectivity index (χ3n) is 10.1. The van der Waals surface area contributed by atoms with Gasteiger partial charge >= 0.3 is 24.5 Å². The van der Waals surface area contributed by atoms with E-state index in [1.807, 2.05) is 24.3 Å². The van der Waals surface area contributed by atoms with Gasteiger partial charge in [-0.15, -0.1) is 0 Å². The molecule has 2 N–H and O–H groups in total. The van der Waals surface area contributed by atoms with Crippen LogP contribution < -0.4 is 14.8 Å². The predicted molar refractivity (Wildman–Crippen MR) is 194 cm³/mol. The maximum atomic E-state index is 13.3. The number of halogens is 10. The normalized spacial score (nSPS) is 19.8. The Morgan fingerprint density at radius 1 is 0.737 bits per heavy atom. The average molecular weight is 839 g/mol. The second-order valence-corrected chi connectivity index (χ2v) is 14.7. The smallest absolute Gasteiger partial charge is 0.490 e. The van der Waals surface area contributed by atoms with Gasteiger partial charge in [0.1, 0.15) is 11.5 Å². The number of aliphatic carboxylic acids is 1. The number of likely N-dealkylation sites (tertiary alicyclic amines) is 1. The number of alkyl halides is 9. The minimum atomic E-state index is -5.08. The number of carbonyl (C=O) groups excluding carboxylic acids is 1. The van der Waals surface area contributed by atoms with Gasteiger partial charge in [0, 0.05) is 29.9 Å². The zero-order valence-electron chi connectivity index (χ0n) is 30.8. The molecule has 0 aromatic heterocycles. The number of nitrogens with zero attached hydrogens (tertiary/aromatic N) is 1. The number of carboxylic acids is 1. The molecule has 2 heterocycles. The molecule has 3 fully saturated rings. The maximum Gasteiger partial charge on any atom is 0.490 e. The molecule has 0 radical (unpaired) electrons. The molecule has 314 valence electrons. The SMILES string of the molecule is FC(F)(F)c1ccc(OCC2CCCNC2)cc1.O=C(CN1CCCC(COc2ccc(C(F)(F)F)cc2)C1)C1(c2ccc(Cl)cc2)CCC1.O=C(O)C(F)(F)F. The van der Waals surface area contributed by atoms with E-state index in [0.29, 0.717) is 42.2 Å². The molecular weight excluding hydrogens is 795 g/mol. The number of benzene rings is 3. The number of hydrogen-bond donors (Lipinski definition) is 2. The average Bonchev–Trinajstić information content (AvgIpc) is 3.14. The highest BCUT2D eigenvalue weighted by atomic mass is 35.5. The molecule has 2 unspecified atom stereocenters. The fraction of sp³-hybridized carbons (Fsp3) is 0.500. The summed E-state index contributed by atoms with van der Waals surface area (Å²) in [6.45, 7) is 4.98. The number of carbonyl (C=O) groups is 2. The van der Waals surface area contributed by atoms with Crippen molar-refractivity contribution in [2.45, 2.75) is 68.9 Å². The zero-order chi connectivity index (χ0) is 41.9. The summed E-state index contributed by atoms with van der Waals surface area (Å²) in [5, 5.41) is 11.1. The van der Waals surface area contributed by atoms with Crippen molar-refractivity contribution in [1.82, 2.24) is 10.2 Å². The van der Waals surface area contributed by atoms with E-state index >= 15 is 0 Å². The van der Waals surface area contributed by atoms with E-state index in [1.165, 1.54) is 24.3 Å². The predicted octanol–water partition coefficient (Wildman–Crippen LogP) is 9.86. The minimum Gasteiger partial charge on any atom is -0.493 e. The van der Waals surface area contributed by atoms with Crippen LogP contribution >= 0.6 is 11.6 Å². The van der Waals surface area contributed by atoms with Crippen molar-refractivity contribution in [3.8, 4) is 11.5 Å². The molecule has 1 aliphatic carbocycles. The maximum absolute atomic E-state index is 13.3. The summed E-state index contributed by atoms with van der Waals surface area (Å²) in [6, 6.07) is 17.3. The van der Waals surface area contributed by atoms with Crippen LogP contribution in [0.4, 0.5) is 39.5 Å². The Labute approximate surface area is 329 Å². The number of Topliss-reactive ketones (excluding diaryl/α,β-unsaturated/α-hetero) is 1. The van der Waals surface area contributed by atoms with Gasteiger partial charge in [-0.25, -0.2) is 4.79 Å². The second-order valence-electron chi connectivity index (χ2n) is 14.3. The monoisotopic (exact) mass is 838 g/mol. The summed E-state index contributed by atoms with van der Waals surface area (Å²) >= 11 is 6.02. The van der Waals surface area contributed by atoms with Crippen molar-refractivity contribution in [2.24, 2.45) is 11.8 Å². The van der Waals surface area contributed by atoms with Crippen LogP contribution in [0.3, 0.4) is 0 Å². The van der Waals surface area contributed by atoms with Crippen LogP contribution in [0.1, 0.15) is 61.6 Å². The molecule has 2 atom stereocenters. The summed E-state index contributed by atoms with van der Waals surface area (Å²) < 4.78 is 118. The molecule has 1 saturated carbocycles. The van der Waals surface area contributed by atoms with Gasteiger partial charge in [0.15, 0.2) is 5.78 Å². The standard InChI is InChI=1S/C25H27ClF3NO2.C13H16F3NO.C2HF3O2/c26-21-8-4-19(5-9-21)24(12-2-13-24)23(31)16-30-14-1-3-18(15-30)17-32-22-10-6-20(7-11-22)25(27,28)29;14-13(15,16)11-3-5-12(6-4-11)18-9-10-2-1-7-17-8-10;3-2(4,5)1(6)7/h4-11,18H,1-3,12-17H2;3-6,10,17H,1-2,7-9H2;(H,6,7). The first kappa shape index (κ1) is 45.7. The van der Waals surface area contributed by atoms with E-state index in [9.17, 15) is 44.3 Å². The number of ether oxygens (including phenoxy) is 2. The zero-order valence-corrected chi connectivity index (χ0v) is 31.5. The summed E-state index contributed by atoms with van der Waals surface area (Å²) in [6.07, 6.45) is -6.73. The van der Waals surface area contributed by atoms with Gasteiger partial charge in [0.2, 0.25) is 0 Å². The van der Waals surface area contributed by atoms with E-state index in [-0.39, 0.29) is 11.7 Å². The van der Waals surface area contributed by atoms with E-state index < -0.39 is 41.0 Å². The molecule has 2 aliphatic heterocycles. The lowest BCUT2D eigenvalue weighted by molar-refractivity contribution is -0.192. The molecule has 6 rings (SSSR count). The largest absolute Gasteiger partial charge is 0.493 e. The van der Waals surface area contributed by atoms with Crippen molar-refractivity contribution >= 4 is 23.4 Å². The minimum absolute atomic E-state index is 0.242. The molecule has 0 bridgehead atoms. The van der Waals surface area contributed by atoms with Crippen LogP contribution in [0.15, 0.2) is 72.8 Å². The third-order valence-corrected chi connectivity index (χ3v) is 10.3. The van der Waals surface area contributed by atoms with E-state index in [2.05, 4.69) is 10.2 Å². The van der Waals surface area contributed by atoms with Crippen LogP contribution in [0.5, 0.6) is 11.5 Å². The van der Waals surface area contributed by atoms with Crippen LogP contribution in [0, 0.1) is 11.8 Å². The van der Waals surface area contributed by atoms with Gasteiger partial charge in [-0.3, -0.25) is 9.69 Å². The van der Waals surface area contributed by atoms with Crippen LogP contribution in [0.25, 0.3) is 0 Å². The van der Waals surface area contributed by atoms with Gasteiger partial charge < -0.3 is 19.9 Å². The molecular formula is C40H44ClF9N2O5. The first-order valence-electron chi connectivity index (χ1n) is 18.4. The van der Waals surface area contributed by atoms with Gasteiger partial charge in [-0.2, -0.15) is 39.5 Å². The van der Waals surface area contributed by atoms with Crippen molar-refractivity contribution in [2.75, 3.05) is 45.9 Å². The van der Waals surface area contributed by atoms with Gasteiger partial charge in [-0.1, -0.05) is 30.2 Å². The number of hydrogen-bond acceptors (Lipinski definition) is 6. The summed E-state index contributed by atoms with van der Waals surface area (Å²) in [7, 11) is 0. The van der Waals surface area contributed by atoms with Gasteiger partial charge in [0.25, 0.3) is 0 Å². The first-order chi connectivity index (χ1) is 26.8. The third kappa shape index (κ3) is 14.1. The lowest BCUT2D eigenvalue weighted by Crippen LogP contribution is -2.49. The molecule has 2 saturated heterocycles. The van der Waals surface area contributed by atoms with Crippen LogP contribution in [-0.4, -0.2) is 73.9 Å². The van der Waals surface area contributed by atoms with E-state index in [1.54, 1.807) is 0 Å². The van der Waals surface area contributed by atoms with Gasteiger partial charge in [0.05, 0.1) is 36.3 Å². The fourth-order valence-electron chi connectivity index (χ4n) is 6.79. The number of carboxylic acid groups (broad SMARTS) is 1. The Kier molecular flexibility index (Phi) is 16.1. The number of ketones is 1. The van der Waals surface area contributed by atoms with Crippen LogP contribution in [-0.2, 0) is 27.4 Å². The molecule has 0 amide bonds. The van der Waals surface area contributed by atoms with Crippen molar-refractivity contribution in [1.29, 1.82) is 0 Å². The molecule has 57 heavy (non-hydrogen) atoms. The number of nitrogens with one attached hydrogen (secondary N) is 1. The first-order valence-corrected chi connectivity index (χ1v) is 18.8. The summed E-state index contributed by atoms with van der Waals surface area (Å²) in [5.74, 6) is -0.883.